The zero-order valence-electron chi connectivity index (χ0n) is 14.4. The molecule has 0 radical (unpaired) electrons. The van der Waals surface area contributed by atoms with Crippen LogP contribution < -0.4 is 0 Å². The van der Waals surface area contributed by atoms with E-state index in [0.717, 1.165) is 24.0 Å². The maximum Gasteiger partial charge on any atom is 0.411 e. The molecular weight excluding hydrogens is 354 g/mol. The fourth-order valence-corrected chi connectivity index (χ4v) is 3.19. The summed E-state index contributed by atoms with van der Waals surface area (Å²) in [5.74, 6) is -1.08. The van der Waals surface area contributed by atoms with Crippen LogP contribution in [0.1, 0.15) is 35.6 Å². The highest BCUT2D eigenvalue weighted by Crippen LogP contribution is 2.37. The number of rotatable bonds is 6. The smallest absolute Gasteiger partial charge is 0.411 e. The van der Waals surface area contributed by atoms with Gasteiger partial charge in [-0.3, -0.25) is 4.90 Å². The Bertz CT molecular complexity index is 805. The van der Waals surface area contributed by atoms with E-state index in [2.05, 4.69) is 0 Å². The van der Waals surface area contributed by atoms with Crippen LogP contribution in [0.3, 0.4) is 0 Å². The normalized spacial score (nSPS) is 14.5. The Morgan fingerprint density at radius 2 is 1.92 bits per heavy atom. The minimum atomic E-state index is -1.09. The summed E-state index contributed by atoms with van der Waals surface area (Å²) in [5.41, 5.74) is 2.13. The SMILES string of the molecule is Cc1cc(Cl)ccc1C(C(=O)O)N(C(=O)OCc1ccccc1)C1CC1. The van der Waals surface area contributed by atoms with E-state index in [1.807, 2.05) is 30.3 Å². The molecule has 0 aromatic heterocycles. The van der Waals surface area contributed by atoms with Gasteiger partial charge in [-0.25, -0.2) is 9.59 Å². The van der Waals surface area contributed by atoms with Gasteiger partial charge in [0, 0.05) is 11.1 Å². The number of carbonyl (C=O) groups is 2. The van der Waals surface area contributed by atoms with E-state index in [4.69, 9.17) is 16.3 Å². The Morgan fingerprint density at radius 3 is 2.50 bits per heavy atom. The lowest BCUT2D eigenvalue weighted by molar-refractivity contribution is -0.143. The van der Waals surface area contributed by atoms with Gasteiger partial charge in [0.1, 0.15) is 6.61 Å². The van der Waals surface area contributed by atoms with Crippen LogP contribution in [-0.4, -0.2) is 28.1 Å². The molecule has 26 heavy (non-hydrogen) atoms. The third-order valence-electron chi connectivity index (χ3n) is 4.39. The van der Waals surface area contributed by atoms with Gasteiger partial charge < -0.3 is 9.84 Å². The molecule has 0 aliphatic heterocycles. The molecule has 1 unspecified atom stereocenters. The van der Waals surface area contributed by atoms with Crippen LogP contribution in [0.25, 0.3) is 0 Å². The molecule has 136 valence electrons. The van der Waals surface area contributed by atoms with Crippen LogP contribution in [0.4, 0.5) is 4.79 Å². The summed E-state index contributed by atoms with van der Waals surface area (Å²) in [7, 11) is 0. The first-order valence-corrected chi connectivity index (χ1v) is 8.83. The lowest BCUT2D eigenvalue weighted by Crippen LogP contribution is -2.41. The molecule has 3 rings (SSSR count). The standard InChI is InChI=1S/C20H20ClNO4/c1-13-11-15(21)7-10-17(13)18(19(23)24)22(16-8-9-16)20(25)26-12-14-5-3-2-4-6-14/h2-7,10-11,16,18H,8-9,12H2,1H3,(H,23,24). The quantitative estimate of drug-likeness (QED) is 0.805. The number of halogens is 1. The summed E-state index contributed by atoms with van der Waals surface area (Å²) in [6.45, 7) is 1.90. The second-order valence-corrected chi connectivity index (χ2v) is 6.86. The second kappa shape index (κ2) is 7.79. The second-order valence-electron chi connectivity index (χ2n) is 6.42. The first-order chi connectivity index (χ1) is 12.5. The summed E-state index contributed by atoms with van der Waals surface area (Å²) in [6.07, 6.45) is 0.936. The van der Waals surface area contributed by atoms with Crippen LogP contribution >= 0.6 is 11.6 Å². The third kappa shape index (κ3) is 4.17. The summed E-state index contributed by atoms with van der Waals surface area (Å²) >= 11 is 5.98. The van der Waals surface area contributed by atoms with Gasteiger partial charge in [0.25, 0.3) is 0 Å². The summed E-state index contributed by atoms with van der Waals surface area (Å²) < 4.78 is 5.41. The molecule has 2 aromatic rings. The first kappa shape index (κ1) is 18.3. The van der Waals surface area contributed by atoms with E-state index in [-0.39, 0.29) is 12.6 Å². The minimum absolute atomic E-state index is 0.106. The number of carbonyl (C=O) groups excluding carboxylic acids is 1. The highest BCUT2D eigenvalue weighted by molar-refractivity contribution is 6.30. The van der Waals surface area contributed by atoms with Crippen molar-refractivity contribution in [2.24, 2.45) is 0 Å². The van der Waals surface area contributed by atoms with E-state index < -0.39 is 18.1 Å². The topological polar surface area (TPSA) is 66.8 Å². The van der Waals surface area contributed by atoms with E-state index in [1.54, 1.807) is 25.1 Å². The molecule has 0 bridgehead atoms. The summed E-state index contributed by atoms with van der Waals surface area (Å²) in [6, 6.07) is 13.1. The van der Waals surface area contributed by atoms with Crippen molar-refractivity contribution in [2.75, 3.05) is 0 Å². The van der Waals surface area contributed by atoms with Crippen molar-refractivity contribution in [3.63, 3.8) is 0 Å². The number of hydrogen-bond donors (Lipinski definition) is 1. The lowest BCUT2D eigenvalue weighted by Gasteiger charge is -2.29. The summed E-state index contributed by atoms with van der Waals surface area (Å²) in [5, 5.41) is 10.3. The molecule has 1 aliphatic carbocycles. The maximum absolute atomic E-state index is 12.7. The van der Waals surface area contributed by atoms with Crippen molar-refractivity contribution in [3.05, 3.63) is 70.2 Å². The number of carboxylic acids is 1. The average molecular weight is 374 g/mol. The van der Waals surface area contributed by atoms with Gasteiger partial charge in [-0.1, -0.05) is 48.0 Å². The van der Waals surface area contributed by atoms with Crippen LogP contribution in [-0.2, 0) is 16.1 Å². The molecule has 1 amide bonds. The zero-order chi connectivity index (χ0) is 18.7. The molecule has 0 spiro atoms. The van der Waals surface area contributed by atoms with Gasteiger partial charge in [0.2, 0.25) is 0 Å². The average Bonchev–Trinajstić information content (AvgIpc) is 3.44. The Hall–Kier alpha value is -2.53. The molecule has 1 saturated carbocycles. The molecule has 1 N–H and O–H groups in total. The van der Waals surface area contributed by atoms with Crippen molar-refractivity contribution in [3.8, 4) is 0 Å². The third-order valence-corrected chi connectivity index (χ3v) is 4.63. The van der Waals surface area contributed by atoms with Gasteiger partial charge >= 0.3 is 12.1 Å². The molecular formula is C20H20ClNO4. The highest BCUT2D eigenvalue weighted by Gasteiger charge is 2.43. The first-order valence-electron chi connectivity index (χ1n) is 8.45. The Morgan fingerprint density at radius 1 is 1.23 bits per heavy atom. The molecule has 0 saturated heterocycles. The van der Waals surface area contributed by atoms with Crippen LogP contribution in [0.15, 0.2) is 48.5 Å². The Labute approximate surface area is 157 Å². The highest BCUT2D eigenvalue weighted by atomic mass is 35.5. The van der Waals surface area contributed by atoms with Gasteiger partial charge in [0.15, 0.2) is 6.04 Å². The number of carboxylic acid groups (broad SMARTS) is 1. The fraction of sp³-hybridized carbons (Fsp3) is 0.300. The molecule has 0 heterocycles. The van der Waals surface area contributed by atoms with Crippen molar-refractivity contribution < 1.29 is 19.4 Å². The van der Waals surface area contributed by atoms with Gasteiger partial charge in [-0.15, -0.1) is 0 Å². The summed E-state index contributed by atoms with van der Waals surface area (Å²) in [4.78, 5) is 26.1. The van der Waals surface area contributed by atoms with Crippen LogP contribution in [0.2, 0.25) is 5.02 Å². The largest absolute Gasteiger partial charge is 0.479 e. The zero-order valence-corrected chi connectivity index (χ0v) is 15.1. The number of aliphatic carboxylic acids is 1. The minimum Gasteiger partial charge on any atom is -0.479 e. The molecule has 1 fully saturated rings. The number of amides is 1. The number of benzene rings is 2. The monoisotopic (exact) mass is 373 g/mol. The molecule has 2 aromatic carbocycles. The Balaban J connectivity index is 1.84. The van der Waals surface area contributed by atoms with Gasteiger partial charge in [0.05, 0.1) is 0 Å². The lowest BCUT2D eigenvalue weighted by atomic mass is 10.00. The maximum atomic E-state index is 12.7. The molecule has 1 atom stereocenters. The van der Waals surface area contributed by atoms with E-state index in [1.165, 1.54) is 4.90 Å². The number of ether oxygens (including phenoxy) is 1. The predicted octanol–water partition coefficient (Wildman–Crippen LogP) is 4.58. The predicted molar refractivity (Wildman–Crippen MR) is 98.1 cm³/mol. The van der Waals surface area contributed by atoms with Crippen LogP contribution in [0.5, 0.6) is 0 Å². The van der Waals surface area contributed by atoms with Crippen molar-refractivity contribution >= 4 is 23.7 Å². The van der Waals surface area contributed by atoms with E-state index in [0.29, 0.717) is 10.6 Å². The number of hydrogen-bond acceptors (Lipinski definition) is 3. The molecule has 5 nitrogen and oxygen atoms in total. The number of nitrogens with zero attached hydrogens (tertiary/aromatic N) is 1. The molecule has 1 aliphatic rings. The van der Waals surface area contributed by atoms with E-state index >= 15 is 0 Å². The number of aryl methyl sites for hydroxylation is 1. The van der Waals surface area contributed by atoms with Crippen molar-refractivity contribution in [1.82, 2.24) is 4.90 Å². The van der Waals surface area contributed by atoms with E-state index in [9.17, 15) is 14.7 Å². The Kier molecular flexibility index (Phi) is 5.47. The van der Waals surface area contributed by atoms with Gasteiger partial charge in [-0.05, 0) is 48.6 Å². The van der Waals surface area contributed by atoms with Crippen LogP contribution in [0, 0.1) is 6.92 Å². The van der Waals surface area contributed by atoms with Gasteiger partial charge in [-0.2, -0.15) is 0 Å². The fourth-order valence-electron chi connectivity index (χ4n) is 2.96. The molecule has 6 heteroatoms. The van der Waals surface area contributed by atoms with Crippen molar-refractivity contribution in [2.45, 2.75) is 38.5 Å². The van der Waals surface area contributed by atoms with Crippen molar-refractivity contribution in [1.29, 1.82) is 0 Å².